The summed E-state index contributed by atoms with van der Waals surface area (Å²) in [5, 5.41) is 11.2. The van der Waals surface area contributed by atoms with E-state index in [1.54, 1.807) is 6.20 Å². The van der Waals surface area contributed by atoms with E-state index in [0.717, 1.165) is 16.9 Å². The number of halogens is 3. The smallest absolute Gasteiger partial charge is 0.475 e. The van der Waals surface area contributed by atoms with E-state index in [4.69, 9.17) is 15.6 Å². The molecule has 0 aliphatic heterocycles. The second kappa shape index (κ2) is 11.0. The molecule has 0 aliphatic rings. The molecular weight excluding hydrogens is 507 g/mol. The highest BCUT2D eigenvalue weighted by atomic mass is 32.2. The van der Waals surface area contributed by atoms with E-state index in [0.29, 0.717) is 22.8 Å². The number of hydrogen-bond donors (Lipinski definition) is 3. The van der Waals surface area contributed by atoms with E-state index in [1.165, 1.54) is 16.3 Å². The predicted octanol–water partition coefficient (Wildman–Crippen LogP) is 1.98. The molecule has 0 radical (unpaired) electrons. The van der Waals surface area contributed by atoms with Gasteiger partial charge < -0.3 is 10.8 Å². The average molecular weight is 526 g/mol. The number of hydrogen-bond acceptors (Lipinski definition) is 9. The number of carboxylic acid groups (broad SMARTS) is 1. The normalized spacial score (nSPS) is 12.6. The van der Waals surface area contributed by atoms with Crippen LogP contribution >= 0.6 is 23.1 Å². The number of aliphatic carboxylic acids is 1. The van der Waals surface area contributed by atoms with Gasteiger partial charge in [-0.25, -0.2) is 19.0 Å². The summed E-state index contributed by atoms with van der Waals surface area (Å²) in [6.07, 6.45) is -1.16. The monoisotopic (exact) mass is 525 g/mol. The number of thioether (sulfide) groups is 1. The summed E-state index contributed by atoms with van der Waals surface area (Å²) in [7, 11) is -4.08. The first kappa shape index (κ1) is 26.6. The number of benzene rings is 1. The van der Waals surface area contributed by atoms with E-state index in [9.17, 15) is 26.4 Å². The van der Waals surface area contributed by atoms with Crippen molar-refractivity contribution in [2.75, 3.05) is 12.0 Å². The van der Waals surface area contributed by atoms with Gasteiger partial charge in [0.25, 0.3) is 20.3 Å². The summed E-state index contributed by atoms with van der Waals surface area (Å²) in [5.74, 6) is -2.83. The first-order valence-electron chi connectivity index (χ1n) is 8.88. The van der Waals surface area contributed by atoms with Crippen molar-refractivity contribution in [3.05, 3.63) is 36.5 Å². The van der Waals surface area contributed by atoms with Crippen LogP contribution in [-0.4, -0.2) is 64.2 Å². The minimum Gasteiger partial charge on any atom is -0.475 e. The van der Waals surface area contributed by atoms with Crippen molar-refractivity contribution in [1.82, 2.24) is 19.3 Å². The lowest BCUT2D eigenvalue weighted by Crippen LogP contribution is -2.43. The zero-order chi connectivity index (χ0) is 24.8. The van der Waals surface area contributed by atoms with Gasteiger partial charge in [-0.3, -0.25) is 4.79 Å². The Kier molecular flexibility index (Phi) is 8.82. The van der Waals surface area contributed by atoms with Crippen molar-refractivity contribution < 1.29 is 36.3 Å². The van der Waals surface area contributed by atoms with E-state index >= 15 is 0 Å². The summed E-state index contributed by atoms with van der Waals surface area (Å²) >= 11 is 2.42. The van der Waals surface area contributed by atoms with Gasteiger partial charge >= 0.3 is 12.1 Å². The number of carbonyl (C=O) groups is 2. The number of sulfonamides is 1. The molecule has 1 amide bonds. The van der Waals surface area contributed by atoms with Crippen molar-refractivity contribution in [3.63, 3.8) is 0 Å². The molecule has 3 rings (SSSR count). The Balaban J connectivity index is 0.000000479. The molecule has 0 saturated heterocycles. The van der Waals surface area contributed by atoms with Crippen LogP contribution in [0.5, 0.6) is 0 Å². The van der Waals surface area contributed by atoms with Crippen molar-refractivity contribution in [2.24, 2.45) is 5.73 Å². The number of fused-ring (bicyclic) bond motifs is 1. The Morgan fingerprint density at radius 3 is 2.42 bits per heavy atom. The lowest BCUT2D eigenvalue weighted by molar-refractivity contribution is -0.192. The van der Waals surface area contributed by atoms with E-state index < -0.39 is 34.1 Å². The lowest BCUT2D eigenvalue weighted by atomic mass is 10.2. The maximum atomic E-state index is 12.4. The fraction of sp³-hybridized carbons (Fsp3) is 0.294. The van der Waals surface area contributed by atoms with Crippen molar-refractivity contribution in [1.29, 1.82) is 0 Å². The Morgan fingerprint density at radius 1 is 1.30 bits per heavy atom. The Morgan fingerprint density at radius 2 is 1.91 bits per heavy atom. The number of rotatable bonds is 7. The molecule has 4 N–H and O–H groups in total. The van der Waals surface area contributed by atoms with Crippen molar-refractivity contribution >= 4 is 50.0 Å². The fourth-order valence-electron chi connectivity index (χ4n) is 2.17. The number of alkyl halides is 3. The predicted molar refractivity (Wildman–Crippen MR) is 116 cm³/mol. The minimum absolute atomic E-state index is 0.231. The van der Waals surface area contributed by atoms with Gasteiger partial charge in [0, 0.05) is 5.56 Å². The van der Waals surface area contributed by atoms with Gasteiger partial charge in [0.1, 0.15) is 0 Å². The van der Waals surface area contributed by atoms with E-state index in [2.05, 4.69) is 10.1 Å². The number of nitrogens with two attached hydrogens (primary N) is 1. The molecule has 0 spiro atoms. The third kappa shape index (κ3) is 7.41. The van der Waals surface area contributed by atoms with Crippen LogP contribution in [0.1, 0.15) is 6.42 Å². The first-order chi connectivity index (χ1) is 15.3. The fourth-order valence-corrected chi connectivity index (χ4v) is 4.76. The number of nitrogens with zero attached hydrogens (tertiary/aromatic N) is 3. The molecule has 33 heavy (non-hydrogen) atoms. The topological polar surface area (TPSA) is 157 Å². The third-order valence-electron chi connectivity index (χ3n) is 3.77. The highest BCUT2D eigenvalue weighted by molar-refractivity contribution is 7.98. The summed E-state index contributed by atoms with van der Waals surface area (Å²) in [5.41, 5.74) is 7.30. The largest absolute Gasteiger partial charge is 0.490 e. The standard InChI is InChI=1S/C15H17N5O3S3.C2HF3O2/c1-24-8-7-11(16)13(21)19-26(22,23)15-18-20-9-12(17-14(20)25-15)10-5-3-2-4-6-10;3-2(4,5)1(6)7/h2-6,9,11H,7-8,16H2,1H3,(H,19,21);(H,6,7). The van der Waals surface area contributed by atoms with Crippen LogP contribution in [0.25, 0.3) is 16.2 Å². The molecule has 0 bridgehead atoms. The van der Waals surface area contributed by atoms with Crippen LogP contribution in [0.4, 0.5) is 13.2 Å². The number of amides is 1. The number of carbonyl (C=O) groups excluding carboxylic acids is 1. The molecule has 0 fully saturated rings. The summed E-state index contributed by atoms with van der Waals surface area (Å²) in [4.78, 5) is 25.7. The molecular formula is C17H18F3N5O5S3. The van der Waals surface area contributed by atoms with Crippen LogP contribution < -0.4 is 10.5 Å². The SMILES string of the molecule is CSCCC(N)C(=O)NS(=O)(=O)c1nn2cc(-c3ccccc3)nc2s1.O=C(O)C(F)(F)F. The zero-order valence-corrected chi connectivity index (χ0v) is 19.3. The van der Waals surface area contributed by atoms with Crippen LogP contribution in [0.2, 0.25) is 0 Å². The molecule has 3 aromatic rings. The average Bonchev–Trinajstić information content (AvgIpc) is 3.32. The van der Waals surface area contributed by atoms with Crippen LogP contribution in [-0.2, 0) is 19.6 Å². The van der Waals surface area contributed by atoms with Crippen LogP contribution in [0, 0.1) is 0 Å². The Hall–Kier alpha value is -2.69. The summed E-state index contributed by atoms with van der Waals surface area (Å²) < 4.78 is 59.6. The van der Waals surface area contributed by atoms with Gasteiger partial charge in [0.05, 0.1) is 17.9 Å². The van der Waals surface area contributed by atoms with Crippen LogP contribution in [0.15, 0.2) is 40.9 Å². The molecule has 1 aromatic carbocycles. The molecule has 1 atom stereocenters. The maximum absolute atomic E-state index is 12.4. The number of nitrogens with one attached hydrogen (secondary N) is 1. The zero-order valence-electron chi connectivity index (χ0n) is 16.8. The van der Waals surface area contributed by atoms with Crippen molar-refractivity contribution in [3.8, 4) is 11.3 Å². The lowest BCUT2D eigenvalue weighted by Gasteiger charge is -2.10. The quantitative estimate of drug-likeness (QED) is 0.420. The molecule has 0 aliphatic carbocycles. The molecule has 2 heterocycles. The molecule has 1 unspecified atom stereocenters. The number of imidazole rings is 1. The highest BCUT2D eigenvalue weighted by Crippen LogP contribution is 2.24. The van der Waals surface area contributed by atoms with Crippen molar-refractivity contribution in [2.45, 2.75) is 23.0 Å². The van der Waals surface area contributed by atoms with Gasteiger partial charge in [0.15, 0.2) is 0 Å². The van der Waals surface area contributed by atoms with Gasteiger partial charge in [-0.1, -0.05) is 41.7 Å². The molecule has 10 nitrogen and oxygen atoms in total. The summed E-state index contributed by atoms with van der Waals surface area (Å²) in [6.45, 7) is 0. The molecule has 16 heteroatoms. The first-order valence-corrected chi connectivity index (χ1v) is 12.6. The Bertz CT molecular complexity index is 1180. The highest BCUT2D eigenvalue weighted by Gasteiger charge is 2.38. The second-order valence-electron chi connectivity index (χ2n) is 6.25. The minimum atomic E-state index is -5.08. The molecule has 180 valence electrons. The second-order valence-corrected chi connectivity index (χ2v) is 10.0. The van der Waals surface area contributed by atoms with E-state index in [1.807, 2.05) is 41.3 Å². The van der Waals surface area contributed by atoms with Gasteiger partial charge in [-0.05, 0) is 18.4 Å². The van der Waals surface area contributed by atoms with Crippen LogP contribution in [0.3, 0.4) is 0 Å². The van der Waals surface area contributed by atoms with Gasteiger partial charge in [-0.15, -0.1) is 5.10 Å². The molecule has 2 aromatic heterocycles. The molecule has 0 saturated carbocycles. The Labute approximate surface area is 194 Å². The maximum Gasteiger partial charge on any atom is 0.490 e. The van der Waals surface area contributed by atoms with Gasteiger partial charge in [0.2, 0.25) is 4.96 Å². The third-order valence-corrected chi connectivity index (χ3v) is 7.05. The van der Waals surface area contributed by atoms with Gasteiger partial charge in [-0.2, -0.15) is 33.4 Å². The number of carboxylic acids is 1. The summed E-state index contributed by atoms with van der Waals surface area (Å²) in [6, 6.07) is 8.60. The van der Waals surface area contributed by atoms with E-state index in [-0.39, 0.29) is 4.34 Å². The number of aromatic nitrogens is 3.